The molecule has 1 nitrogen and oxygen atoms in total. The molecule has 0 fully saturated rings. The fourth-order valence-electron chi connectivity index (χ4n) is 2.55. The molecule has 0 aliphatic heterocycles. The summed E-state index contributed by atoms with van der Waals surface area (Å²) in [5.41, 5.74) is 5.77. The van der Waals surface area contributed by atoms with Gasteiger partial charge in [-0.3, -0.25) is 0 Å². The number of hydrogen-bond acceptors (Lipinski definition) is 0. The van der Waals surface area contributed by atoms with Gasteiger partial charge in [-0.2, -0.15) is 0 Å². The Morgan fingerprint density at radius 3 is 2.50 bits per heavy atom. The first kappa shape index (κ1) is 11.3. The monoisotopic (exact) mass is 215 g/mol. The smallest absolute Gasteiger partial charge is 0.0491 e. The van der Waals surface area contributed by atoms with E-state index in [2.05, 4.69) is 44.0 Å². The summed E-state index contributed by atoms with van der Waals surface area (Å²) in [5, 5.41) is 1.44. The molecule has 0 saturated carbocycles. The molecule has 0 atom stereocenters. The third-order valence-electron chi connectivity index (χ3n) is 3.35. The molecular formula is C15H21N. The molecule has 0 unspecified atom stereocenters. The topological polar surface area (TPSA) is 15.8 Å². The van der Waals surface area contributed by atoms with Crippen LogP contribution in [-0.2, 0) is 19.3 Å². The lowest BCUT2D eigenvalue weighted by molar-refractivity contribution is 0.876. The Labute approximate surface area is 97.9 Å². The van der Waals surface area contributed by atoms with Gasteiger partial charge in [-0.15, -0.1) is 0 Å². The lowest BCUT2D eigenvalue weighted by Crippen LogP contribution is -1.88. The van der Waals surface area contributed by atoms with Crippen LogP contribution in [0.4, 0.5) is 0 Å². The molecule has 2 rings (SSSR count). The number of benzene rings is 1. The number of H-pyrrole nitrogens is 1. The lowest BCUT2D eigenvalue weighted by atomic mass is 10.0. The van der Waals surface area contributed by atoms with Crippen molar-refractivity contribution < 1.29 is 0 Å². The van der Waals surface area contributed by atoms with Crippen molar-refractivity contribution >= 4 is 10.9 Å². The minimum atomic E-state index is 1.10. The van der Waals surface area contributed by atoms with Gasteiger partial charge in [-0.25, -0.2) is 0 Å². The first-order valence-electron chi connectivity index (χ1n) is 6.43. The van der Waals surface area contributed by atoms with Crippen LogP contribution in [0.1, 0.15) is 44.0 Å². The molecule has 0 amide bonds. The SMILES string of the molecule is CCCc1[nH]c2c(CC)cccc2c1CC. The van der Waals surface area contributed by atoms with Crippen LogP contribution in [0.3, 0.4) is 0 Å². The van der Waals surface area contributed by atoms with Gasteiger partial charge in [0.15, 0.2) is 0 Å². The van der Waals surface area contributed by atoms with E-state index >= 15 is 0 Å². The Balaban J connectivity index is 2.65. The van der Waals surface area contributed by atoms with Gasteiger partial charge in [-0.05, 0) is 30.4 Å². The van der Waals surface area contributed by atoms with E-state index in [1.807, 2.05) is 0 Å². The molecule has 16 heavy (non-hydrogen) atoms. The average molecular weight is 215 g/mol. The molecule has 2 aromatic rings. The van der Waals surface area contributed by atoms with Crippen molar-refractivity contribution in [3.05, 3.63) is 35.0 Å². The lowest BCUT2D eigenvalue weighted by Gasteiger charge is -1.99. The van der Waals surface area contributed by atoms with Crippen molar-refractivity contribution in [2.45, 2.75) is 46.5 Å². The summed E-state index contributed by atoms with van der Waals surface area (Å²) >= 11 is 0. The fraction of sp³-hybridized carbons (Fsp3) is 0.467. The molecule has 1 heteroatoms. The summed E-state index contributed by atoms with van der Waals surface area (Å²) < 4.78 is 0. The Morgan fingerprint density at radius 1 is 1.06 bits per heavy atom. The van der Waals surface area contributed by atoms with Crippen LogP contribution in [0.5, 0.6) is 0 Å². The summed E-state index contributed by atoms with van der Waals surface area (Å²) in [6.45, 7) is 6.72. The molecule has 86 valence electrons. The quantitative estimate of drug-likeness (QED) is 0.785. The number of nitrogens with one attached hydrogen (secondary N) is 1. The van der Waals surface area contributed by atoms with Crippen LogP contribution < -0.4 is 0 Å². The second-order valence-corrected chi connectivity index (χ2v) is 4.38. The van der Waals surface area contributed by atoms with Crippen LogP contribution in [0.25, 0.3) is 10.9 Å². The van der Waals surface area contributed by atoms with Gasteiger partial charge < -0.3 is 4.98 Å². The van der Waals surface area contributed by atoms with Crippen molar-refractivity contribution in [1.29, 1.82) is 0 Å². The molecule has 0 bridgehead atoms. The predicted molar refractivity (Wildman–Crippen MR) is 71.0 cm³/mol. The molecule has 0 aliphatic carbocycles. The first-order valence-corrected chi connectivity index (χ1v) is 6.43. The molecule has 1 N–H and O–H groups in total. The van der Waals surface area contributed by atoms with Crippen LogP contribution >= 0.6 is 0 Å². The van der Waals surface area contributed by atoms with Gasteiger partial charge >= 0.3 is 0 Å². The van der Waals surface area contributed by atoms with E-state index in [0.717, 1.165) is 12.8 Å². The third-order valence-corrected chi connectivity index (χ3v) is 3.35. The molecule has 0 aliphatic rings. The summed E-state index contributed by atoms with van der Waals surface area (Å²) in [4.78, 5) is 3.64. The number of rotatable bonds is 4. The van der Waals surface area contributed by atoms with Crippen LogP contribution in [0.15, 0.2) is 18.2 Å². The minimum Gasteiger partial charge on any atom is -0.358 e. The highest BCUT2D eigenvalue weighted by Crippen LogP contribution is 2.26. The van der Waals surface area contributed by atoms with Crippen LogP contribution in [0, 0.1) is 0 Å². The molecular weight excluding hydrogens is 194 g/mol. The fourth-order valence-corrected chi connectivity index (χ4v) is 2.55. The first-order chi connectivity index (χ1) is 7.81. The standard InChI is InChI=1S/C15H21N/c1-4-8-14-12(6-3)13-10-7-9-11(5-2)15(13)16-14/h7,9-10,16H,4-6,8H2,1-3H3. The number of para-hydroxylation sites is 1. The largest absolute Gasteiger partial charge is 0.358 e. The van der Waals surface area contributed by atoms with Crippen LogP contribution in [-0.4, -0.2) is 4.98 Å². The van der Waals surface area contributed by atoms with Gasteiger partial charge in [0.1, 0.15) is 0 Å². The van der Waals surface area contributed by atoms with Crippen molar-refractivity contribution in [2.75, 3.05) is 0 Å². The van der Waals surface area contributed by atoms with E-state index < -0.39 is 0 Å². The van der Waals surface area contributed by atoms with E-state index in [1.54, 1.807) is 0 Å². The zero-order valence-electron chi connectivity index (χ0n) is 10.6. The second-order valence-electron chi connectivity index (χ2n) is 4.38. The summed E-state index contributed by atoms with van der Waals surface area (Å²) in [6.07, 6.45) is 4.61. The Morgan fingerprint density at radius 2 is 1.88 bits per heavy atom. The number of fused-ring (bicyclic) bond motifs is 1. The molecule has 1 aromatic heterocycles. The van der Waals surface area contributed by atoms with E-state index in [-0.39, 0.29) is 0 Å². The number of hydrogen-bond donors (Lipinski definition) is 1. The summed E-state index contributed by atoms with van der Waals surface area (Å²) in [5.74, 6) is 0. The van der Waals surface area contributed by atoms with Gasteiger partial charge in [0.25, 0.3) is 0 Å². The minimum absolute atomic E-state index is 1.10. The van der Waals surface area contributed by atoms with Crippen molar-refractivity contribution in [2.24, 2.45) is 0 Å². The normalized spacial score (nSPS) is 11.2. The van der Waals surface area contributed by atoms with Gasteiger partial charge in [0.2, 0.25) is 0 Å². The number of aryl methyl sites for hydroxylation is 3. The van der Waals surface area contributed by atoms with E-state index in [1.165, 1.54) is 40.6 Å². The molecule has 1 heterocycles. The van der Waals surface area contributed by atoms with Crippen molar-refractivity contribution in [1.82, 2.24) is 4.98 Å². The zero-order valence-corrected chi connectivity index (χ0v) is 10.6. The molecule has 0 spiro atoms. The highest BCUT2D eigenvalue weighted by Gasteiger charge is 2.10. The highest BCUT2D eigenvalue weighted by atomic mass is 14.7. The number of aromatic amines is 1. The molecule has 1 aromatic carbocycles. The molecule has 0 saturated heterocycles. The predicted octanol–water partition coefficient (Wildman–Crippen LogP) is 4.25. The average Bonchev–Trinajstić information content (AvgIpc) is 2.66. The Hall–Kier alpha value is -1.24. The Bertz CT molecular complexity index is 479. The van der Waals surface area contributed by atoms with E-state index in [9.17, 15) is 0 Å². The number of aromatic nitrogens is 1. The third kappa shape index (κ3) is 1.75. The van der Waals surface area contributed by atoms with E-state index in [4.69, 9.17) is 0 Å². The summed E-state index contributed by atoms with van der Waals surface area (Å²) in [6, 6.07) is 6.67. The van der Waals surface area contributed by atoms with Gasteiger partial charge in [0.05, 0.1) is 0 Å². The van der Waals surface area contributed by atoms with Crippen molar-refractivity contribution in [3.8, 4) is 0 Å². The second kappa shape index (κ2) is 4.73. The van der Waals surface area contributed by atoms with Crippen molar-refractivity contribution in [3.63, 3.8) is 0 Å². The maximum absolute atomic E-state index is 3.64. The molecule has 0 radical (unpaired) electrons. The summed E-state index contributed by atoms with van der Waals surface area (Å²) in [7, 11) is 0. The maximum Gasteiger partial charge on any atom is 0.0491 e. The maximum atomic E-state index is 3.64. The highest BCUT2D eigenvalue weighted by molar-refractivity contribution is 5.87. The van der Waals surface area contributed by atoms with Gasteiger partial charge in [0, 0.05) is 16.6 Å². The van der Waals surface area contributed by atoms with Crippen LogP contribution in [0.2, 0.25) is 0 Å². The zero-order chi connectivity index (χ0) is 11.5. The van der Waals surface area contributed by atoms with E-state index in [0.29, 0.717) is 0 Å². The van der Waals surface area contributed by atoms with Gasteiger partial charge in [-0.1, -0.05) is 45.4 Å². The Kier molecular flexibility index (Phi) is 3.33.